The molecule has 3 N–H and O–H groups in total. The summed E-state index contributed by atoms with van der Waals surface area (Å²) in [4.78, 5) is 32.1. The summed E-state index contributed by atoms with van der Waals surface area (Å²) in [6.45, 7) is 4.20. The Balaban J connectivity index is 1.85. The van der Waals surface area contributed by atoms with Gasteiger partial charge in [0.25, 0.3) is 0 Å². The number of aryl methyl sites for hydroxylation is 2. The van der Waals surface area contributed by atoms with Gasteiger partial charge in [-0.1, -0.05) is 19.8 Å². The molecule has 3 heterocycles. The number of hydrogen-bond acceptors (Lipinski definition) is 6. The van der Waals surface area contributed by atoms with Crippen LogP contribution in [0.2, 0.25) is 0 Å². The molecule has 3 aromatic rings. The zero-order valence-electron chi connectivity index (χ0n) is 13.9. The van der Waals surface area contributed by atoms with E-state index < -0.39 is 0 Å². The molecule has 3 aromatic heterocycles. The van der Waals surface area contributed by atoms with Crippen LogP contribution in [0.1, 0.15) is 43.4 Å². The highest BCUT2D eigenvalue weighted by atomic mass is 16.1. The Morgan fingerprint density at radius 2 is 1.92 bits per heavy atom. The predicted molar refractivity (Wildman–Crippen MR) is 91.7 cm³/mol. The van der Waals surface area contributed by atoms with Gasteiger partial charge in [-0.25, -0.2) is 14.8 Å². The average molecular weight is 327 g/mol. The van der Waals surface area contributed by atoms with Crippen molar-refractivity contribution in [1.29, 1.82) is 0 Å². The van der Waals surface area contributed by atoms with Crippen molar-refractivity contribution in [3.8, 4) is 0 Å². The maximum absolute atomic E-state index is 12.2. The molecule has 0 spiro atoms. The third kappa shape index (κ3) is 3.27. The maximum Gasteiger partial charge on any atom is 0.328 e. The van der Waals surface area contributed by atoms with Crippen molar-refractivity contribution >= 4 is 17.0 Å². The number of H-pyrrole nitrogens is 1. The molecule has 0 amide bonds. The second-order valence-corrected chi connectivity index (χ2v) is 5.83. The highest BCUT2D eigenvalue weighted by Crippen LogP contribution is 2.14. The third-order valence-corrected chi connectivity index (χ3v) is 3.88. The van der Waals surface area contributed by atoms with E-state index in [0.717, 1.165) is 18.5 Å². The first-order chi connectivity index (χ1) is 11.6. The highest BCUT2D eigenvalue weighted by molar-refractivity contribution is 5.81. The minimum atomic E-state index is -0.287. The Morgan fingerprint density at radius 3 is 2.62 bits per heavy atom. The number of anilines is 1. The Labute approximate surface area is 139 Å². The quantitative estimate of drug-likeness (QED) is 0.664. The molecule has 0 unspecified atom stereocenters. The molecule has 0 saturated carbocycles. The maximum atomic E-state index is 12.2. The molecule has 3 rings (SSSR count). The van der Waals surface area contributed by atoms with Gasteiger partial charge in [0.15, 0.2) is 11.5 Å². The van der Waals surface area contributed by atoms with E-state index in [1.807, 2.05) is 0 Å². The lowest BCUT2D eigenvalue weighted by molar-refractivity contribution is 0.698. The standard InChI is InChI=1S/C16H21N7O/c1-3-4-5-6-11-7-19-12(8-18-11)9-23-15-13(22-16(23)24)14(17)20-10(2)21-15/h7-8H,3-6,9H2,1-2H3,(H,22,24)(H2,17,20,21). The molecule has 0 atom stereocenters. The molecule has 0 aliphatic rings. The van der Waals surface area contributed by atoms with Gasteiger partial charge >= 0.3 is 5.69 Å². The monoisotopic (exact) mass is 327 g/mol. The number of imidazole rings is 1. The number of nitrogen functional groups attached to an aromatic ring is 1. The Morgan fingerprint density at radius 1 is 1.17 bits per heavy atom. The van der Waals surface area contributed by atoms with Crippen LogP contribution in [0.5, 0.6) is 0 Å². The fourth-order valence-electron chi connectivity index (χ4n) is 2.62. The van der Waals surface area contributed by atoms with Crippen LogP contribution in [-0.4, -0.2) is 29.5 Å². The summed E-state index contributed by atoms with van der Waals surface area (Å²) in [5, 5.41) is 0. The van der Waals surface area contributed by atoms with E-state index in [0.29, 0.717) is 22.7 Å². The van der Waals surface area contributed by atoms with Crippen molar-refractivity contribution < 1.29 is 0 Å². The number of hydrogen-bond donors (Lipinski definition) is 2. The first-order valence-corrected chi connectivity index (χ1v) is 8.11. The van der Waals surface area contributed by atoms with Gasteiger partial charge < -0.3 is 10.7 Å². The Hall–Kier alpha value is -2.77. The van der Waals surface area contributed by atoms with Gasteiger partial charge in [-0.05, 0) is 19.8 Å². The van der Waals surface area contributed by atoms with E-state index >= 15 is 0 Å². The molecular weight excluding hydrogens is 306 g/mol. The van der Waals surface area contributed by atoms with E-state index in [1.165, 1.54) is 17.4 Å². The number of fused-ring (bicyclic) bond motifs is 1. The highest BCUT2D eigenvalue weighted by Gasteiger charge is 2.13. The smallest absolute Gasteiger partial charge is 0.328 e. The second-order valence-electron chi connectivity index (χ2n) is 5.83. The number of nitrogens with two attached hydrogens (primary N) is 1. The molecule has 0 fully saturated rings. The first kappa shape index (κ1) is 16.1. The van der Waals surface area contributed by atoms with Gasteiger partial charge in [-0.15, -0.1) is 0 Å². The molecule has 8 nitrogen and oxygen atoms in total. The molecule has 0 radical (unpaired) electrons. The second kappa shape index (κ2) is 6.77. The fraction of sp³-hybridized carbons (Fsp3) is 0.438. The summed E-state index contributed by atoms with van der Waals surface area (Å²) < 4.78 is 1.50. The summed E-state index contributed by atoms with van der Waals surface area (Å²) in [5.41, 5.74) is 8.17. The average Bonchev–Trinajstić information content (AvgIpc) is 2.86. The topological polar surface area (TPSA) is 115 Å². The summed E-state index contributed by atoms with van der Waals surface area (Å²) in [6.07, 6.45) is 7.90. The first-order valence-electron chi connectivity index (χ1n) is 8.11. The van der Waals surface area contributed by atoms with Crippen LogP contribution >= 0.6 is 0 Å². The van der Waals surface area contributed by atoms with Crippen LogP contribution in [0.25, 0.3) is 11.2 Å². The van der Waals surface area contributed by atoms with Crippen LogP contribution in [0.4, 0.5) is 5.82 Å². The molecule has 8 heteroatoms. The van der Waals surface area contributed by atoms with Crippen molar-refractivity contribution in [2.24, 2.45) is 0 Å². The molecule has 0 saturated heterocycles. The van der Waals surface area contributed by atoms with Crippen molar-refractivity contribution in [2.45, 2.75) is 46.1 Å². The summed E-state index contributed by atoms with van der Waals surface area (Å²) in [6, 6.07) is 0. The van der Waals surface area contributed by atoms with E-state index in [9.17, 15) is 4.79 Å². The van der Waals surface area contributed by atoms with E-state index in [2.05, 4.69) is 31.8 Å². The summed E-state index contributed by atoms with van der Waals surface area (Å²) >= 11 is 0. The lowest BCUT2D eigenvalue weighted by Crippen LogP contribution is -2.18. The fourth-order valence-corrected chi connectivity index (χ4v) is 2.62. The molecule has 0 aliphatic carbocycles. The molecule has 0 aliphatic heterocycles. The molecule has 24 heavy (non-hydrogen) atoms. The number of aromatic amines is 1. The lowest BCUT2D eigenvalue weighted by Gasteiger charge is -2.05. The minimum Gasteiger partial charge on any atom is -0.382 e. The molecule has 0 aromatic carbocycles. The van der Waals surface area contributed by atoms with Crippen LogP contribution in [0.15, 0.2) is 17.2 Å². The number of nitrogens with zero attached hydrogens (tertiary/aromatic N) is 5. The normalized spacial score (nSPS) is 11.2. The largest absolute Gasteiger partial charge is 0.382 e. The van der Waals surface area contributed by atoms with E-state index in [1.54, 1.807) is 19.3 Å². The zero-order chi connectivity index (χ0) is 17.1. The molecular formula is C16H21N7O. The van der Waals surface area contributed by atoms with Gasteiger partial charge in [0.1, 0.15) is 11.3 Å². The van der Waals surface area contributed by atoms with Gasteiger partial charge in [0, 0.05) is 6.20 Å². The van der Waals surface area contributed by atoms with Crippen LogP contribution < -0.4 is 11.4 Å². The SMILES string of the molecule is CCCCCc1cnc(Cn2c(=O)[nH]c3c(N)nc(C)nc32)cn1. The Bertz CT molecular complexity index is 895. The van der Waals surface area contributed by atoms with Crippen molar-refractivity contribution in [1.82, 2.24) is 29.5 Å². The number of rotatable bonds is 6. The third-order valence-electron chi connectivity index (χ3n) is 3.88. The lowest BCUT2D eigenvalue weighted by atomic mass is 10.2. The van der Waals surface area contributed by atoms with Crippen molar-refractivity contribution in [3.05, 3.63) is 40.1 Å². The van der Waals surface area contributed by atoms with Gasteiger partial charge in [0.05, 0.1) is 24.1 Å². The van der Waals surface area contributed by atoms with Crippen LogP contribution in [0, 0.1) is 6.92 Å². The van der Waals surface area contributed by atoms with E-state index in [4.69, 9.17) is 5.73 Å². The molecule has 126 valence electrons. The zero-order valence-corrected chi connectivity index (χ0v) is 13.9. The molecule has 0 bridgehead atoms. The minimum absolute atomic E-state index is 0.269. The Kier molecular flexibility index (Phi) is 4.54. The van der Waals surface area contributed by atoms with Crippen LogP contribution in [0.3, 0.4) is 0 Å². The van der Waals surface area contributed by atoms with Gasteiger partial charge in [-0.3, -0.25) is 14.5 Å². The van der Waals surface area contributed by atoms with Crippen LogP contribution in [-0.2, 0) is 13.0 Å². The number of unbranched alkanes of at least 4 members (excludes halogenated alkanes) is 2. The predicted octanol–water partition coefficient (Wildman–Crippen LogP) is 1.58. The summed E-state index contributed by atoms with van der Waals surface area (Å²) in [7, 11) is 0. The van der Waals surface area contributed by atoms with E-state index in [-0.39, 0.29) is 18.1 Å². The van der Waals surface area contributed by atoms with Gasteiger partial charge in [0.2, 0.25) is 0 Å². The number of nitrogens with one attached hydrogen (secondary N) is 1. The van der Waals surface area contributed by atoms with Gasteiger partial charge in [-0.2, -0.15) is 0 Å². The van der Waals surface area contributed by atoms with Crippen molar-refractivity contribution in [3.63, 3.8) is 0 Å². The summed E-state index contributed by atoms with van der Waals surface area (Å²) in [5.74, 6) is 0.788. The number of aromatic nitrogens is 6. The van der Waals surface area contributed by atoms with Crippen molar-refractivity contribution in [2.75, 3.05) is 5.73 Å².